The van der Waals surface area contributed by atoms with Gasteiger partial charge in [0.05, 0.1) is 0 Å². The lowest BCUT2D eigenvalue weighted by Crippen LogP contribution is -2.29. The van der Waals surface area contributed by atoms with Gasteiger partial charge in [-0.25, -0.2) is 4.79 Å². The van der Waals surface area contributed by atoms with E-state index in [4.69, 9.17) is 10.8 Å². The van der Waals surface area contributed by atoms with Crippen molar-refractivity contribution >= 4 is 17.8 Å². The molecule has 0 spiro atoms. The van der Waals surface area contributed by atoms with Gasteiger partial charge in [-0.1, -0.05) is 0 Å². The molecule has 0 aromatic rings. The van der Waals surface area contributed by atoms with E-state index in [-0.39, 0.29) is 24.1 Å². The van der Waals surface area contributed by atoms with Gasteiger partial charge in [0.1, 0.15) is 0 Å². The minimum Gasteiger partial charge on any atom is -0.478 e. The molecule has 6 heteroatoms. The molecule has 2 amide bonds. The fraction of sp³-hybridized carbons (Fsp3) is 0.444. The van der Waals surface area contributed by atoms with E-state index in [1.807, 2.05) is 0 Å². The van der Waals surface area contributed by atoms with E-state index in [1.54, 1.807) is 0 Å². The fourth-order valence-corrected chi connectivity index (χ4v) is 0.763. The molecule has 0 atom stereocenters. The van der Waals surface area contributed by atoms with Crippen LogP contribution in [0, 0.1) is 0 Å². The van der Waals surface area contributed by atoms with Gasteiger partial charge in [0.2, 0.25) is 11.8 Å². The van der Waals surface area contributed by atoms with Crippen molar-refractivity contribution in [1.82, 2.24) is 5.32 Å². The summed E-state index contributed by atoms with van der Waals surface area (Å²) in [5.41, 5.74) is 4.96. The van der Waals surface area contributed by atoms with Crippen molar-refractivity contribution in [2.45, 2.75) is 20.3 Å². The molecule has 0 saturated carbocycles. The van der Waals surface area contributed by atoms with Gasteiger partial charge in [-0.2, -0.15) is 0 Å². The van der Waals surface area contributed by atoms with Gasteiger partial charge < -0.3 is 16.2 Å². The third-order valence-electron chi connectivity index (χ3n) is 1.88. The monoisotopic (exact) mass is 214 g/mol. The molecule has 0 aromatic heterocycles. The van der Waals surface area contributed by atoms with Crippen LogP contribution < -0.4 is 11.1 Å². The first-order valence-corrected chi connectivity index (χ1v) is 4.33. The first-order valence-electron chi connectivity index (χ1n) is 4.33. The number of primary amides is 1. The van der Waals surface area contributed by atoms with Crippen molar-refractivity contribution in [3.05, 3.63) is 11.1 Å². The number of carboxylic acids is 1. The van der Waals surface area contributed by atoms with Crippen LogP contribution in [-0.4, -0.2) is 29.4 Å². The number of nitrogens with two attached hydrogens (primary N) is 1. The summed E-state index contributed by atoms with van der Waals surface area (Å²) in [6, 6.07) is 0. The van der Waals surface area contributed by atoms with Crippen LogP contribution in [0.1, 0.15) is 20.3 Å². The first-order chi connectivity index (χ1) is 6.86. The lowest BCUT2D eigenvalue weighted by atomic mass is 10.1. The van der Waals surface area contributed by atoms with Gasteiger partial charge in [0.15, 0.2) is 0 Å². The molecule has 0 fully saturated rings. The molecule has 0 bridgehead atoms. The molecule has 0 rings (SSSR count). The maximum Gasteiger partial charge on any atom is 0.331 e. The molecule has 0 aromatic carbocycles. The quantitative estimate of drug-likeness (QED) is 0.531. The molecule has 84 valence electrons. The number of rotatable bonds is 5. The van der Waals surface area contributed by atoms with Crippen molar-refractivity contribution in [2.75, 3.05) is 6.54 Å². The molecule has 0 radical (unpaired) electrons. The second-order valence-corrected chi connectivity index (χ2v) is 3.03. The Morgan fingerprint density at radius 1 is 1.20 bits per heavy atom. The van der Waals surface area contributed by atoms with E-state index in [9.17, 15) is 14.4 Å². The third kappa shape index (κ3) is 4.80. The summed E-state index contributed by atoms with van der Waals surface area (Å²) in [7, 11) is 0. The zero-order valence-electron chi connectivity index (χ0n) is 8.66. The number of carbonyl (C=O) groups excluding carboxylic acids is 2. The molecule has 6 nitrogen and oxygen atoms in total. The molecule has 0 aliphatic heterocycles. The third-order valence-corrected chi connectivity index (χ3v) is 1.88. The van der Waals surface area contributed by atoms with Crippen molar-refractivity contribution in [2.24, 2.45) is 5.73 Å². The first kappa shape index (κ1) is 13.2. The lowest BCUT2D eigenvalue weighted by molar-refractivity contribution is -0.133. The number of aliphatic carboxylic acids is 1. The average Bonchev–Trinajstić information content (AvgIpc) is 2.14. The van der Waals surface area contributed by atoms with Crippen molar-refractivity contribution in [1.29, 1.82) is 0 Å². The van der Waals surface area contributed by atoms with Crippen LogP contribution in [0.3, 0.4) is 0 Å². The van der Waals surface area contributed by atoms with Crippen LogP contribution >= 0.6 is 0 Å². The Morgan fingerprint density at radius 3 is 2.13 bits per heavy atom. The number of amides is 2. The van der Waals surface area contributed by atoms with E-state index in [0.29, 0.717) is 0 Å². The molecular formula is C9H14N2O4. The van der Waals surface area contributed by atoms with E-state index in [1.165, 1.54) is 13.8 Å². The zero-order chi connectivity index (χ0) is 12.0. The van der Waals surface area contributed by atoms with Crippen LogP contribution in [0.2, 0.25) is 0 Å². The van der Waals surface area contributed by atoms with Gasteiger partial charge in [0, 0.05) is 24.1 Å². The molecule has 0 aliphatic carbocycles. The highest BCUT2D eigenvalue weighted by atomic mass is 16.4. The van der Waals surface area contributed by atoms with Gasteiger partial charge in [-0.05, 0) is 13.8 Å². The normalized spacial score (nSPS) is 11.6. The number of hydrogen-bond acceptors (Lipinski definition) is 3. The number of hydrogen-bond donors (Lipinski definition) is 3. The molecule has 0 saturated heterocycles. The summed E-state index contributed by atoms with van der Waals surface area (Å²) < 4.78 is 0. The Kier molecular flexibility index (Phi) is 5.08. The summed E-state index contributed by atoms with van der Waals surface area (Å²) >= 11 is 0. The summed E-state index contributed by atoms with van der Waals surface area (Å²) in [4.78, 5) is 32.2. The minimum atomic E-state index is -1.14. The summed E-state index contributed by atoms with van der Waals surface area (Å²) in [6.45, 7) is 2.85. The smallest absolute Gasteiger partial charge is 0.331 e. The Balaban J connectivity index is 4.28. The van der Waals surface area contributed by atoms with E-state index >= 15 is 0 Å². The van der Waals surface area contributed by atoms with Crippen LogP contribution in [0.5, 0.6) is 0 Å². The largest absolute Gasteiger partial charge is 0.478 e. The second-order valence-electron chi connectivity index (χ2n) is 3.03. The number of carbonyl (C=O) groups is 3. The van der Waals surface area contributed by atoms with Gasteiger partial charge in [0.25, 0.3) is 0 Å². The predicted octanol–water partition coefficient (Wildman–Crippen LogP) is -0.601. The van der Waals surface area contributed by atoms with Crippen molar-refractivity contribution in [3.8, 4) is 0 Å². The Labute approximate surface area is 87.1 Å². The molecule has 4 N–H and O–H groups in total. The summed E-state index contributed by atoms with van der Waals surface area (Å²) in [6.07, 6.45) is 0.0329. The van der Waals surface area contributed by atoms with Crippen LogP contribution in [0.25, 0.3) is 0 Å². The minimum absolute atomic E-state index is 0.0217. The summed E-state index contributed by atoms with van der Waals surface area (Å²) in [5, 5.41) is 11.0. The predicted molar refractivity (Wildman–Crippen MR) is 52.8 cm³/mol. The Morgan fingerprint density at radius 2 is 1.73 bits per heavy atom. The highest BCUT2D eigenvalue weighted by molar-refractivity contribution is 6.01. The van der Waals surface area contributed by atoms with Crippen molar-refractivity contribution < 1.29 is 19.5 Å². The van der Waals surface area contributed by atoms with Gasteiger partial charge >= 0.3 is 5.97 Å². The van der Waals surface area contributed by atoms with E-state index in [0.717, 1.165) is 0 Å². The van der Waals surface area contributed by atoms with Crippen LogP contribution in [-0.2, 0) is 14.4 Å². The lowest BCUT2D eigenvalue weighted by Gasteiger charge is -2.05. The Bertz CT molecular complexity index is 320. The Hall–Kier alpha value is -1.85. The average molecular weight is 214 g/mol. The second kappa shape index (κ2) is 5.79. The highest BCUT2D eigenvalue weighted by Gasteiger charge is 2.11. The van der Waals surface area contributed by atoms with Crippen LogP contribution in [0.4, 0.5) is 0 Å². The molecule has 15 heavy (non-hydrogen) atoms. The fourth-order valence-electron chi connectivity index (χ4n) is 0.763. The molecule has 0 heterocycles. The highest BCUT2D eigenvalue weighted by Crippen LogP contribution is 2.02. The maximum atomic E-state index is 11.3. The molecular weight excluding hydrogens is 200 g/mol. The molecule has 0 unspecified atom stereocenters. The van der Waals surface area contributed by atoms with Gasteiger partial charge in [-0.15, -0.1) is 0 Å². The van der Waals surface area contributed by atoms with E-state index in [2.05, 4.69) is 5.32 Å². The van der Waals surface area contributed by atoms with Crippen LogP contribution in [0.15, 0.2) is 11.1 Å². The SMILES string of the molecule is CC(C(=O)O)=C(C)C(=O)NCCC(N)=O. The van der Waals surface area contributed by atoms with E-state index < -0.39 is 17.8 Å². The maximum absolute atomic E-state index is 11.3. The topological polar surface area (TPSA) is 109 Å². The van der Waals surface area contributed by atoms with Crippen molar-refractivity contribution in [3.63, 3.8) is 0 Å². The zero-order valence-corrected chi connectivity index (χ0v) is 8.66. The standard InChI is InChI=1S/C9H14N2O4/c1-5(6(2)9(14)15)8(13)11-4-3-7(10)12/h3-4H2,1-2H3,(H2,10,12)(H,11,13)(H,14,15). The van der Waals surface area contributed by atoms with Gasteiger partial charge in [-0.3, -0.25) is 9.59 Å². The molecule has 0 aliphatic rings. The number of carboxylic acid groups (broad SMARTS) is 1. The number of nitrogens with one attached hydrogen (secondary N) is 1. The summed E-state index contributed by atoms with van der Waals surface area (Å²) in [5.74, 6) is -2.17.